The van der Waals surface area contributed by atoms with Crippen molar-refractivity contribution in [2.24, 2.45) is 12.2 Å². The number of rotatable bonds is 3. The second-order valence-electron chi connectivity index (χ2n) is 6.97. The van der Waals surface area contributed by atoms with Gasteiger partial charge in [-0.15, -0.1) is 4.91 Å². The van der Waals surface area contributed by atoms with Crippen molar-refractivity contribution in [3.8, 4) is 0 Å². The molecule has 1 heterocycles. The first-order chi connectivity index (χ1) is 11.1. The number of hydrogen-bond acceptors (Lipinski definition) is 4. The molecule has 0 N–H and O–H groups in total. The van der Waals surface area contributed by atoms with Crippen molar-refractivity contribution in [2.75, 3.05) is 0 Å². The van der Waals surface area contributed by atoms with Gasteiger partial charge in [-0.2, -0.15) is 0 Å². The number of hydrogen-bond donors (Lipinski definition) is 0. The molecule has 2 aliphatic carbocycles. The molecule has 1 aromatic heterocycles. The third-order valence-corrected chi connectivity index (χ3v) is 5.53. The van der Waals surface area contributed by atoms with Crippen molar-refractivity contribution in [2.45, 2.75) is 76.2 Å². The molecule has 1 aromatic rings. The Morgan fingerprint density at radius 1 is 0.913 bits per heavy atom. The van der Waals surface area contributed by atoms with Crippen LogP contribution in [0.2, 0.25) is 0 Å². The minimum atomic E-state index is -0.544. The molecule has 0 aliphatic heterocycles. The van der Waals surface area contributed by atoms with Crippen LogP contribution in [0.1, 0.15) is 81.9 Å². The van der Waals surface area contributed by atoms with E-state index < -0.39 is 5.56 Å². The van der Waals surface area contributed by atoms with Crippen LogP contribution in [0.15, 0.2) is 14.8 Å². The molecular formula is C17H25N3O3. The summed E-state index contributed by atoms with van der Waals surface area (Å²) in [5.41, 5.74) is -0.239. The van der Waals surface area contributed by atoms with Gasteiger partial charge in [0, 0.05) is 19.0 Å². The Bertz CT molecular complexity index is 692. The molecule has 0 aromatic carbocycles. The summed E-state index contributed by atoms with van der Waals surface area (Å²) in [4.78, 5) is 36.6. The van der Waals surface area contributed by atoms with Crippen molar-refractivity contribution in [3.05, 3.63) is 31.4 Å². The average molecular weight is 319 g/mol. The van der Waals surface area contributed by atoms with Crippen LogP contribution in [0.4, 0.5) is 5.69 Å². The molecule has 0 bridgehead atoms. The lowest BCUT2D eigenvalue weighted by Crippen LogP contribution is -2.42. The Balaban J connectivity index is 2.21. The summed E-state index contributed by atoms with van der Waals surface area (Å²) >= 11 is 0. The summed E-state index contributed by atoms with van der Waals surface area (Å²) in [6.07, 6.45) is 10.5. The van der Waals surface area contributed by atoms with Gasteiger partial charge in [-0.05, 0) is 30.9 Å². The molecule has 2 fully saturated rings. The van der Waals surface area contributed by atoms with E-state index in [2.05, 4.69) is 5.18 Å². The molecule has 2 saturated carbocycles. The summed E-state index contributed by atoms with van der Waals surface area (Å²) < 4.78 is 2.81. The van der Waals surface area contributed by atoms with Crippen molar-refractivity contribution < 1.29 is 0 Å². The molecule has 0 unspecified atom stereocenters. The van der Waals surface area contributed by atoms with Crippen molar-refractivity contribution >= 4 is 5.69 Å². The highest BCUT2D eigenvalue weighted by Gasteiger charge is 2.30. The van der Waals surface area contributed by atoms with Crippen molar-refractivity contribution in [3.63, 3.8) is 0 Å². The summed E-state index contributed by atoms with van der Waals surface area (Å²) in [6.45, 7) is 0. The smallest absolute Gasteiger partial charge is 0.292 e. The Morgan fingerprint density at radius 3 is 2.04 bits per heavy atom. The summed E-state index contributed by atoms with van der Waals surface area (Å²) in [7, 11) is 1.45. The Kier molecular flexibility index (Phi) is 4.78. The lowest BCUT2D eigenvalue weighted by Gasteiger charge is -2.31. The van der Waals surface area contributed by atoms with Crippen LogP contribution in [0, 0.1) is 4.91 Å². The topological polar surface area (TPSA) is 73.4 Å². The van der Waals surface area contributed by atoms with Gasteiger partial charge >= 0.3 is 5.69 Å². The van der Waals surface area contributed by atoms with Crippen LogP contribution < -0.4 is 11.2 Å². The first kappa shape index (κ1) is 16.1. The molecule has 6 heteroatoms. The first-order valence-electron chi connectivity index (χ1n) is 8.84. The molecule has 0 atom stereocenters. The Morgan fingerprint density at radius 2 is 1.48 bits per heavy atom. The summed E-state index contributed by atoms with van der Waals surface area (Å²) in [5, 5.41) is 3.06. The second kappa shape index (κ2) is 6.81. The van der Waals surface area contributed by atoms with Gasteiger partial charge in [-0.3, -0.25) is 13.9 Å². The van der Waals surface area contributed by atoms with E-state index in [1.54, 1.807) is 4.57 Å². The summed E-state index contributed by atoms with van der Waals surface area (Å²) in [5.74, 6) is 0.111. The molecule has 126 valence electrons. The molecule has 0 radical (unpaired) electrons. The average Bonchev–Trinajstić information content (AvgIpc) is 2.61. The van der Waals surface area contributed by atoms with E-state index in [1.807, 2.05) is 0 Å². The Labute approximate surface area is 135 Å². The van der Waals surface area contributed by atoms with E-state index in [1.165, 1.54) is 19.9 Å². The molecule has 3 rings (SSSR count). The quantitative estimate of drug-likeness (QED) is 0.800. The molecule has 23 heavy (non-hydrogen) atoms. The van der Waals surface area contributed by atoms with E-state index in [9.17, 15) is 14.5 Å². The Hall–Kier alpha value is -1.72. The van der Waals surface area contributed by atoms with Crippen LogP contribution in [0.25, 0.3) is 0 Å². The SMILES string of the molecule is Cn1c(=O)c(N=O)c(C2CCCCC2)n(C2CCCCC2)c1=O. The van der Waals surface area contributed by atoms with Gasteiger partial charge in [0.25, 0.3) is 5.56 Å². The fraction of sp³-hybridized carbons (Fsp3) is 0.765. The van der Waals surface area contributed by atoms with E-state index >= 15 is 0 Å². The molecule has 0 spiro atoms. The van der Waals surface area contributed by atoms with Crippen molar-refractivity contribution in [1.29, 1.82) is 0 Å². The lowest BCUT2D eigenvalue weighted by molar-refractivity contribution is 0.313. The molecular weight excluding hydrogens is 294 g/mol. The van der Waals surface area contributed by atoms with Crippen LogP contribution >= 0.6 is 0 Å². The van der Waals surface area contributed by atoms with Gasteiger partial charge in [-0.25, -0.2) is 4.79 Å². The standard InChI is InChI=1S/C17H25N3O3/c1-19-16(21)14(18-23)15(12-8-4-2-5-9-12)20(17(19)22)13-10-6-3-7-11-13/h12-13H,2-11H2,1H3. The first-order valence-corrected chi connectivity index (χ1v) is 8.84. The zero-order valence-corrected chi connectivity index (χ0v) is 13.8. The van der Waals surface area contributed by atoms with Crippen LogP contribution in [0.3, 0.4) is 0 Å². The zero-order valence-electron chi connectivity index (χ0n) is 13.8. The van der Waals surface area contributed by atoms with Gasteiger partial charge in [0.1, 0.15) is 0 Å². The predicted molar refractivity (Wildman–Crippen MR) is 89.3 cm³/mol. The molecule has 0 amide bonds. The minimum Gasteiger partial charge on any atom is -0.292 e. The third-order valence-electron chi connectivity index (χ3n) is 5.53. The highest BCUT2D eigenvalue weighted by atomic mass is 16.3. The van der Waals surface area contributed by atoms with Gasteiger partial charge in [0.05, 0.1) is 5.69 Å². The van der Waals surface area contributed by atoms with Crippen molar-refractivity contribution in [1.82, 2.24) is 9.13 Å². The maximum Gasteiger partial charge on any atom is 0.331 e. The fourth-order valence-electron chi connectivity index (χ4n) is 4.28. The second-order valence-corrected chi connectivity index (χ2v) is 6.97. The minimum absolute atomic E-state index is 0.0374. The maximum absolute atomic E-state index is 12.8. The van der Waals surface area contributed by atoms with E-state index in [4.69, 9.17) is 0 Å². The number of nitroso groups, excluding NO2 is 1. The predicted octanol–water partition coefficient (Wildman–Crippen LogP) is 3.50. The summed E-state index contributed by atoms with van der Waals surface area (Å²) in [6, 6.07) is 0.0977. The maximum atomic E-state index is 12.8. The number of nitrogens with zero attached hydrogens (tertiary/aromatic N) is 3. The molecule has 0 saturated heterocycles. The molecule has 2 aliphatic rings. The van der Waals surface area contributed by atoms with Crippen LogP contribution in [-0.4, -0.2) is 9.13 Å². The van der Waals surface area contributed by atoms with E-state index in [0.29, 0.717) is 5.69 Å². The van der Waals surface area contributed by atoms with Gasteiger partial charge in [0.2, 0.25) is 0 Å². The van der Waals surface area contributed by atoms with Crippen LogP contribution in [0.5, 0.6) is 0 Å². The van der Waals surface area contributed by atoms with Gasteiger partial charge in [-0.1, -0.05) is 38.5 Å². The van der Waals surface area contributed by atoms with Crippen LogP contribution in [-0.2, 0) is 7.05 Å². The normalized spacial score (nSPS) is 20.6. The highest BCUT2D eigenvalue weighted by Crippen LogP contribution is 2.38. The lowest BCUT2D eigenvalue weighted by atomic mass is 9.85. The van der Waals surface area contributed by atoms with E-state index in [-0.39, 0.29) is 23.3 Å². The monoisotopic (exact) mass is 319 g/mol. The molecule has 6 nitrogen and oxygen atoms in total. The van der Waals surface area contributed by atoms with Gasteiger partial charge in [0.15, 0.2) is 5.69 Å². The largest absolute Gasteiger partial charge is 0.331 e. The highest BCUT2D eigenvalue weighted by molar-refractivity contribution is 5.42. The van der Waals surface area contributed by atoms with E-state index in [0.717, 1.165) is 55.9 Å². The fourth-order valence-corrected chi connectivity index (χ4v) is 4.28. The third kappa shape index (κ3) is 2.91. The van der Waals surface area contributed by atoms with Gasteiger partial charge < -0.3 is 0 Å². The number of aromatic nitrogens is 2. The zero-order chi connectivity index (χ0) is 16.4.